The number of hydrogen-bond donors (Lipinski definition) is 4. The van der Waals surface area contributed by atoms with Crippen LogP contribution < -0.4 is 16.0 Å². The zero-order chi connectivity index (χ0) is 22.8. The second-order valence-corrected chi connectivity index (χ2v) is 6.41. The van der Waals surface area contributed by atoms with Gasteiger partial charge in [-0.05, 0) is 17.7 Å². The van der Waals surface area contributed by atoms with Crippen LogP contribution in [0.25, 0.3) is 0 Å². The first-order chi connectivity index (χ1) is 14.8. The third-order valence-corrected chi connectivity index (χ3v) is 4.11. The van der Waals surface area contributed by atoms with E-state index in [0.29, 0.717) is 0 Å². The van der Waals surface area contributed by atoms with Gasteiger partial charge in [0, 0.05) is 24.1 Å². The van der Waals surface area contributed by atoms with Crippen LogP contribution in [0.4, 0.5) is 5.69 Å². The van der Waals surface area contributed by atoms with Crippen LogP contribution in [0.1, 0.15) is 15.9 Å². The molecular weight excluding hydrogens is 408 g/mol. The number of carboxylic acid groups (broad SMARTS) is 1. The van der Waals surface area contributed by atoms with E-state index in [2.05, 4.69) is 16.0 Å². The van der Waals surface area contributed by atoms with Gasteiger partial charge in [-0.25, -0.2) is 4.79 Å². The van der Waals surface area contributed by atoms with Gasteiger partial charge in [0.05, 0.1) is 18.0 Å². The predicted octanol–water partition coefficient (Wildman–Crippen LogP) is 0.253. The second-order valence-electron chi connectivity index (χ2n) is 6.41. The zero-order valence-corrected chi connectivity index (χ0v) is 16.2. The van der Waals surface area contributed by atoms with Crippen molar-refractivity contribution >= 4 is 29.4 Å². The average molecular weight is 428 g/mol. The summed E-state index contributed by atoms with van der Waals surface area (Å²) >= 11 is 0. The molecule has 0 aliphatic rings. The van der Waals surface area contributed by atoms with Crippen LogP contribution >= 0.6 is 0 Å². The first kappa shape index (κ1) is 23.0. The van der Waals surface area contributed by atoms with E-state index in [-0.39, 0.29) is 17.7 Å². The Labute approximate surface area is 176 Å². The van der Waals surface area contributed by atoms with E-state index < -0.39 is 47.7 Å². The van der Waals surface area contributed by atoms with Gasteiger partial charge in [0.2, 0.25) is 11.8 Å². The Kier molecular flexibility index (Phi) is 8.20. The molecule has 0 radical (unpaired) electrons. The molecule has 0 saturated heterocycles. The smallest absolute Gasteiger partial charge is 0.326 e. The highest BCUT2D eigenvalue weighted by molar-refractivity contribution is 5.97. The van der Waals surface area contributed by atoms with E-state index in [4.69, 9.17) is 0 Å². The van der Waals surface area contributed by atoms with Crippen LogP contribution in [-0.4, -0.2) is 52.9 Å². The normalized spacial score (nSPS) is 11.1. The van der Waals surface area contributed by atoms with Crippen molar-refractivity contribution in [3.05, 3.63) is 75.8 Å². The Morgan fingerprint density at radius 3 is 2.10 bits per heavy atom. The van der Waals surface area contributed by atoms with Crippen molar-refractivity contribution in [2.75, 3.05) is 13.1 Å². The standard InChI is InChI=1S/C20H20N4O7/c25-17(11-22-19(27)14-6-8-15(9-7-14)24(30)31)21-12-18(26)23-16(20(28)29)10-13-4-2-1-3-5-13/h1-9,16H,10-12H2,(H,21,25)(H,22,27)(H,23,26)(H,28,29)/t16-/m0/s1. The highest BCUT2D eigenvalue weighted by Gasteiger charge is 2.20. The lowest BCUT2D eigenvalue weighted by Gasteiger charge is -2.15. The molecule has 11 nitrogen and oxygen atoms in total. The van der Waals surface area contributed by atoms with Crippen LogP contribution in [0.5, 0.6) is 0 Å². The summed E-state index contributed by atoms with van der Waals surface area (Å²) < 4.78 is 0. The number of non-ortho nitro benzene ring substituents is 1. The molecular formula is C20H20N4O7. The summed E-state index contributed by atoms with van der Waals surface area (Å²) in [5.41, 5.74) is 0.682. The lowest BCUT2D eigenvalue weighted by atomic mass is 10.1. The van der Waals surface area contributed by atoms with Crippen molar-refractivity contribution in [1.82, 2.24) is 16.0 Å². The van der Waals surface area contributed by atoms with Crippen molar-refractivity contribution in [2.24, 2.45) is 0 Å². The molecule has 31 heavy (non-hydrogen) atoms. The van der Waals surface area contributed by atoms with Crippen LogP contribution in [0.15, 0.2) is 54.6 Å². The second kappa shape index (κ2) is 11.0. The van der Waals surface area contributed by atoms with Crippen LogP contribution in [0.2, 0.25) is 0 Å². The van der Waals surface area contributed by atoms with E-state index in [1.165, 1.54) is 12.1 Å². The SMILES string of the molecule is O=C(CNC(=O)c1ccc([N+](=O)[O-])cc1)NCC(=O)N[C@@H](Cc1ccccc1)C(=O)O. The van der Waals surface area contributed by atoms with E-state index in [1.54, 1.807) is 30.3 Å². The Morgan fingerprint density at radius 1 is 0.903 bits per heavy atom. The molecule has 0 fully saturated rings. The Hall–Kier alpha value is -4.28. The molecule has 0 unspecified atom stereocenters. The van der Waals surface area contributed by atoms with E-state index in [1.807, 2.05) is 0 Å². The number of rotatable bonds is 10. The van der Waals surface area contributed by atoms with Crippen molar-refractivity contribution in [3.63, 3.8) is 0 Å². The molecule has 0 heterocycles. The summed E-state index contributed by atoms with van der Waals surface area (Å²) in [6, 6.07) is 12.4. The van der Waals surface area contributed by atoms with Crippen LogP contribution in [0.3, 0.4) is 0 Å². The fourth-order valence-electron chi connectivity index (χ4n) is 2.53. The summed E-state index contributed by atoms with van der Waals surface area (Å²) in [4.78, 5) is 57.1. The summed E-state index contributed by atoms with van der Waals surface area (Å²) in [5, 5.41) is 26.8. The lowest BCUT2D eigenvalue weighted by Crippen LogP contribution is -2.47. The number of carbonyl (C=O) groups excluding carboxylic acids is 3. The number of nitro groups is 1. The maximum Gasteiger partial charge on any atom is 0.326 e. The van der Waals surface area contributed by atoms with Gasteiger partial charge < -0.3 is 21.1 Å². The number of amides is 3. The molecule has 2 aromatic carbocycles. The Morgan fingerprint density at radius 2 is 1.52 bits per heavy atom. The summed E-state index contributed by atoms with van der Waals surface area (Å²) in [6.45, 7) is -0.902. The highest BCUT2D eigenvalue weighted by atomic mass is 16.6. The average Bonchev–Trinajstić information content (AvgIpc) is 2.76. The van der Waals surface area contributed by atoms with Crippen molar-refractivity contribution in [3.8, 4) is 0 Å². The fourth-order valence-corrected chi connectivity index (χ4v) is 2.53. The lowest BCUT2D eigenvalue weighted by molar-refractivity contribution is -0.384. The summed E-state index contributed by atoms with van der Waals surface area (Å²) in [5.74, 6) is -3.19. The number of nitrogens with zero attached hydrogens (tertiary/aromatic N) is 1. The number of hydrogen-bond acceptors (Lipinski definition) is 6. The fraction of sp³-hybridized carbons (Fsp3) is 0.200. The molecule has 1 atom stereocenters. The maximum atomic E-state index is 12.0. The molecule has 162 valence electrons. The number of benzene rings is 2. The summed E-state index contributed by atoms with van der Waals surface area (Å²) in [6.07, 6.45) is 0.0845. The molecule has 3 amide bonds. The Balaban J connectivity index is 1.76. The molecule has 0 spiro atoms. The highest BCUT2D eigenvalue weighted by Crippen LogP contribution is 2.11. The van der Waals surface area contributed by atoms with E-state index >= 15 is 0 Å². The largest absolute Gasteiger partial charge is 0.480 e. The molecule has 0 aliphatic carbocycles. The minimum absolute atomic E-state index is 0.0845. The summed E-state index contributed by atoms with van der Waals surface area (Å²) in [7, 11) is 0. The van der Waals surface area contributed by atoms with Crippen LogP contribution in [-0.2, 0) is 20.8 Å². The van der Waals surface area contributed by atoms with E-state index in [0.717, 1.165) is 17.7 Å². The zero-order valence-electron chi connectivity index (χ0n) is 16.2. The van der Waals surface area contributed by atoms with Gasteiger partial charge in [0.1, 0.15) is 6.04 Å². The quantitative estimate of drug-likeness (QED) is 0.311. The van der Waals surface area contributed by atoms with Gasteiger partial charge in [-0.3, -0.25) is 24.5 Å². The Bertz CT molecular complexity index is 961. The first-order valence-corrected chi connectivity index (χ1v) is 9.11. The molecule has 0 aromatic heterocycles. The van der Waals surface area contributed by atoms with Crippen molar-refractivity contribution in [1.29, 1.82) is 0 Å². The monoisotopic (exact) mass is 428 g/mol. The van der Waals surface area contributed by atoms with Crippen molar-refractivity contribution < 1.29 is 29.2 Å². The number of nitrogens with one attached hydrogen (secondary N) is 3. The van der Waals surface area contributed by atoms with Crippen molar-refractivity contribution in [2.45, 2.75) is 12.5 Å². The maximum absolute atomic E-state index is 12.0. The third-order valence-electron chi connectivity index (χ3n) is 4.11. The van der Waals surface area contributed by atoms with Gasteiger partial charge in [0.25, 0.3) is 11.6 Å². The number of carbonyl (C=O) groups is 4. The van der Waals surface area contributed by atoms with Gasteiger partial charge in [-0.1, -0.05) is 30.3 Å². The molecule has 11 heteroatoms. The van der Waals surface area contributed by atoms with E-state index in [9.17, 15) is 34.4 Å². The van der Waals surface area contributed by atoms with Gasteiger partial charge in [-0.2, -0.15) is 0 Å². The molecule has 2 aromatic rings. The molecule has 0 aliphatic heterocycles. The molecule has 2 rings (SSSR count). The minimum atomic E-state index is -1.21. The molecule has 4 N–H and O–H groups in total. The topological polar surface area (TPSA) is 168 Å². The van der Waals surface area contributed by atoms with Crippen LogP contribution in [0, 0.1) is 10.1 Å². The number of nitro benzene ring substituents is 1. The number of carboxylic acids is 1. The first-order valence-electron chi connectivity index (χ1n) is 9.11. The van der Waals surface area contributed by atoms with Gasteiger partial charge in [-0.15, -0.1) is 0 Å². The van der Waals surface area contributed by atoms with Gasteiger partial charge >= 0.3 is 5.97 Å². The third kappa shape index (κ3) is 7.57. The number of aliphatic carboxylic acids is 1. The molecule has 0 saturated carbocycles. The predicted molar refractivity (Wildman–Crippen MR) is 108 cm³/mol. The minimum Gasteiger partial charge on any atom is -0.480 e. The van der Waals surface area contributed by atoms with Gasteiger partial charge in [0.15, 0.2) is 0 Å². The molecule has 0 bridgehead atoms.